The Labute approximate surface area is 124 Å². The van der Waals surface area contributed by atoms with Gasteiger partial charge in [0.1, 0.15) is 12.1 Å². The Balaban J connectivity index is 2.78. The molecule has 0 saturated carbocycles. The van der Waals surface area contributed by atoms with Gasteiger partial charge in [-0.3, -0.25) is 0 Å². The van der Waals surface area contributed by atoms with Crippen LogP contribution in [0.1, 0.15) is 25.3 Å². The normalized spacial score (nSPS) is 11.2. The van der Waals surface area contributed by atoms with Crippen LogP contribution in [-0.4, -0.2) is 23.1 Å². The molecule has 20 heavy (non-hydrogen) atoms. The first-order valence-electron chi connectivity index (χ1n) is 5.98. The number of rotatable bonds is 5. The highest BCUT2D eigenvalue weighted by molar-refractivity contribution is 9.10. The van der Waals surface area contributed by atoms with Gasteiger partial charge in [-0.25, -0.2) is 9.59 Å². The monoisotopic (exact) mass is 339 g/mol. The summed E-state index contributed by atoms with van der Waals surface area (Å²) >= 11 is 3.24. The average molecular weight is 340 g/mol. The van der Waals surface area contributed by atoms with E-state index in [1.165, 1.54) is 0 Å². The van der Waals surface area contributed by atoms with Gasteiger partial charge in [0.2, 0.25) is 0 Å². The van der Waals surface area contributed by atoms with Crippen molar-refractivity contribution in [1.29, 1.82) is 5.26 Å². The maximum atomic E-state index is 11.8. The Bertz CT molecular complexity index is 554. The van der Waals surface area contributed by atoms with Crippen LogP contribution in [-0.2, 0) is 4.79 Å². The summed E-state index contributed by atoms with van der Waals surface area (Å²) in [5.41, 5.74) is 0.616. The number of amides is 2. The molecule has 0 unspecified atom stereocenters. The van der Waals surface area contributed by atoms with Gasteiger partial charge in [-0.15, -0.1) is 0 Å². The molecule has 1 atom stereocenters. The number of urea groups is 1. The minimum Gasteiger partial charge on any atom is -0.480 e. The zero-order valence-corrected chi connectivity index (χ0v) is 12.4. The Kier molecular flexibility index (Phi) is 6.00. The predicted octanol–water partition coefficient (Wildman–Crippen LogP) is 2.70. The molecule has 0 aliphatic heterocycles. The number of benzene rings is 1. The van der Waals surface area contributed by atoms with Crippen molar-refractivity contribution in [3.05, 3.63) is 28.2 Å². The number of anilines is 1. The van der Waals surface area contributed by atoms with Crippen LogP contribution in [0.15, 0.2) is 22.7 Å². The van der Waals surface area contributed by atoms with Gasteiger partial charge in [0.15, 0.2) is 0 Å². The summed E-state index contributed by atoms with van der Waals surface area (Å²) < 4.78 is 0.704. The van der Waals surface area contributed by atoms with Crippen molar-refractivity contribution < 1.29 is 14.7 Å². The Morgan fingerprint density at radius 3 is 2.75 bits per heavy atom. The van der Waals surface area contributed by atoms with Gasteiger partial charge in [0.05, 0.1) is 11.3 Å². The zero-order valence-electron chi connectivity index (χ0n) is 10.8. The SMILES string of the molecule is CCC[C@H](NC(=O)Nc1cc(Br)ccc1C#N)C(=O)O. The van der Waals surface area contributed by atoms with E-state index < -0.39 is 18.0 Å². The summed E-state index contributed by atoms with van der Waals surface area (Å²) in [4.78, 5) is 22.7. The van der Waals surface area contributed by atoms with Gasteiger partial charge in [0.25, 0.3) is 0 Å². The number of carboxylic acids is 1. The molecule has 0 fully saturated rings. The van der Waals surface area contributed by atoms with Gasteiger partial charge in [-0.2, -0.15) is 5.26 Å². The van der Waals surface area contributed by atoms with E-state index in [0.29, 0.717) is 28.6 Å². The van der Waals surface area contributed by atoms with Gasteiger partial charge in [-0.05, 0) is 24.6 Å². The second-order valence-electron chi connectivity index (χ2n) is 4.08. The minimum atomic E-state index is -1.09. The molecular weight excluding hydrogens is 326 g/mol. The fourth-order valence-corrected chi connectivity index (χ4v) is 1.94. The summed E-state index contributed by atoms with van der Waals surface area (Å²) in [6, 6.07) is 5.16. The van der Waals surface area contributed by atoms with E-state index in [1.807, 2.05) is 13.0 Å². The van der Waals surface area contributed by atoms with E-state index in [2.05, 4.69) is 26.6 Å². The van der Waals surface area contributed by atoms with Crippen molar-refractivity contribution in [2.24, 2.45) is 0 Å². The number of hydrogen-bond donors (Lipinski definition) is 3. The van der Waals surface area contributed by atoms with Crippen molar-refractivity contribution in [3.63, 3.8) is 0 Å². The third kappa shape index (κ3) is 4.55. The number of carboxylic acid groups (broad SMARTS) is 1. The van der Waals surface area contributed by atoms with E-state index in [9.17, 15) is 9.59 Å². The second kappa shape index (κ2) is 7.50. The lowest BCUT2D eigenvalue weighted by atomic mass is 10.1. The molecule has 7 heteroatoms. The molecule has 1 aromatic carbocycles. The van der Waals surface area contributed by atoms with Crippen LogP contribution in [0.5, 0.6) is 0 Å². The lowest BCUT2D eigenvalue weighted by molar-refractivity contribution is -0.139. The van der Waals surface area contributed by atoms with Crippen molar-refractivity contribution in [2.75, 3.05) is 5.32 Å². The van der Waals surface area contributed by atoms with Crippen LogP contribution in [0.25, 0.3) is 0 Å². The third-order valence-electron chi connectivity index (χ3n) is 2.53. The number of nitrogens with one attached hydrogen (secondary N) is 2. The molecule has 6 nitrogen and oxygen atoms in total. The Morgan fingerprint density at radius 1 is 1.50 bits per heavy atom. The first kappa shape index (κ1) is 16.0. The second-order valence-corrected chi connectivity index (χ2v) is 5.00. The van der Waals surface area contributed by atoms with Crippen LogP contribution >= 0.6 is 15.9 Å². The minimum absolute atomic E-state index is 0.297. The molecule has 106 valence electrons. The van der Waals surface area contributed by atoms with E-state index in [0.717, 1.165) is 0 Å². The molecule has 0 aliphatic rings. The number of carbonyl (C=O) groups is 2. The molecule has 0 saturated heterocycles. The topological polar surface area (TPSA) is 102 Å². The molecule has 0 heterocycles. The average Bonchev–Trinajstić information content (AvgIpc) is 2.38. The van der Waals surface area contributed by atoms with Gasteiger partial charge in [0, 0.05) is 4.47 Å². The molecule has 3 N–H and O–H groups in total. The maximum Gasteiger partial charge on any atom is 0.326 e. The summed E-state index contributed by atoms with van der Waals surface area (Å²) in [5.74, 6) is -1.09. The summed E-state index contributed by atoms with van der Waals surface area (Å²) in [7, 11) is 0. The van der Waals surface area contributed by atoms with E-state index in [1.54, 1.807) is 18.2 Å². The smallest absolute Gasteiger partial charge is 0.326 e. The lowest BCUT2D eigenvalue weighted by Crippen LogP contribution is -2.43. The van der Waals surface area contributed by atoms with Crippen molar-refractivity contribution in [3.8, 4) is 6.07 Å². The molecule has 0 aromatic heterocycles. The quantitative estimate of drug-likeness (QED) is 0.767. The fraction of sp³-hybridized carbons (Fsp3) is 0.308. The van der Waals surface area contributed by atoms with Crippen LogP contribution < -0.4 is 10.6 Å². The predicted molar refractivity (Wildman–Crippen MR) is 77.3 cm³/mol. The summed E-state index contributed by atoms with van der Waals surface area (Å²) in [5, 5.41) is 22.7. The standard InChI is InChI=1S/C13H14BrN3O3/c1-2-3-10(12(18)19)16-13(20)17-11-6-9(14)5-4-8(11)7-15/h4-6,10H,2-3H2,1H3,(H,18,19)(H2,16,17,20)/t10-/m0/s1. The van der Waals surface area contributed by atoms with Crippen LogP contribution in [0.4, 0.5) is 10.5 Å². The molecule has 2 amide bonds. The molecule has 1 rings (SSSR count). The molecule has 1 aromatic rings. The van der Waals surface area contributed by atoms with E-state index in [4.69, 9.17) is 10.4 Å². The number of hydrogen-bond acceptors (Lipinski definition) is 3. The lowest BCUT2D eigenvalue weighted by Gasteiger charge is -2.14. The zero-order chi connectivity index (χ0) is 15.1. The molecule has 0 radical (unpaired) electrons. The van der Waals surface area contributed by atoms with E-state index in [-0.39, 0.29) is 0 Å². The maximum absolute atomic E-state index is 11.8. The molecular formula is C13H14BrN3O3. The summed E-state index contributed by atoms with van der Waals surface area (Å²) in [6.07, 6.45) is 0.976. The first-order valence-corrected chi connectivity index (χ1v) is 6.77. The molecule has 0 bridgehead atoms. The highest BCUT2D eigenvalue weighted by Gasteiger charge is 2.19. The van der Waals surface area contributed by atoms with Crippen LogP contribution in [0, 0.1) is 11.3 Å². The highest BCUT2D eigenvalue weighted by atomic mass is 79.9. The Morgan fingerprint density at radius 2 is 2.20 bits per heavy atom. The van der Waals surface area contributed by atoms with Crippen molar-refractivity contribution in [2.45, 2.75) is 25.8 Å². The third-order valence-corrected chi connectivity index (χ3v) is 3.02. The Hall–Kier alpha value is -2.07. The number of carbonyl (C=O) groups excluding carboxylic acids is 1. The number of aliphatic carboxylic acids is 1. The van der Waals surface area contributed by atoms with Crippen LogP contribution in [0.2, 0.25) is 0 Å². The van der Waals surface area contributed by atoms with Gasteiger partial charge >= 0.3 is 12.0 Å². The fourth-order valence-electron chi connectivity index (χ4n) is 1.58. The number of nitriles is 1. The largest absolute Gasteiger partial charge is 0.480 e. The van der Waals surface area contributed by atoms with Gasteiger partial charge in [-0.1, -0.05) is 29.3 Å². The molecule has 0 spiro atoms. The van der Waals surface area contributed by atoms with Crippen molar-refractivity contribution in [1.82, 2.24) is 5.32 Å². The highest BCUT2D eigenvalue weighted by Crippen LogP contribution is 2.20. The van der Waals surface area contributed by atoms with E-state index >= 15 is 0 Å². The van der Waals surface area contributed by atoms with Gasteiger partial charge < -0.3 is 15.7 Å². The number of halogens is 1. The van der Waals surface area contributed by atoms with Crippen molar-refractivity contribution >= 4 is 33.6 Å². The first-order chi connectivity index (χ1) is 9.47. The number of nitrogens with zero attached hydrogens (tertiary/aromatic N) is 1. The van der Waals surface area contributed by atoms with Crippen LogP contribution in [0.3, 0.4) is 0 Å². The molecule has 0 aliphatic carbocycles. The summed E-state index contributed by atoms with van der Waals surface area (Å²) in [6.45, 7) is 1.83.